The van der Waals surface area contributed by atoms with E-state index in [0.717, 1.165) is 36.4 Å². The molecular formula is C48H56O26. The van der Waals surface area contributed by atoms with Gasteiger partial charge in [0.25, 0.3) is 0 Å². The highest BCUT2D eigenvalue weighted by Gasteiger charge is 2.54. The lowest BCUT2D eigenvalue weighted by Crippen LogP contribution is -2.65. The van der Waals surface area contributed by atoms with Crippen LogP contribution in [0.25, 0.3) is 28.4 Å². The normalized spacial score (nSPS) is 36.7. The average Bonchev–Trinajstić information content (AvgIpc) is 3.36. The molecule has 0 radical (unpaired) electrons. The molecule has 404 valence electrons. The summed E-state index contributed by atoms with van der Waals surface area (Å²) < 4.78 is 58.7. The maximum absolute atomic E-state index is 14.8. The Morgan fingerprint density at radius 3 is 1.78 bits per heavy atom. The Morgan fingerprint density at radius 1 is 0.581 bits per heavy atom. The van der Waals surface area contributed by atoms with Crippen molar-refractivity contribution in [2.45, 2.75) is 144 Å². The van der Waals surface area contributed by atoms with Gasteiger partial charge in [0, 0.05) is 23.8 Å². The number of carbonyl (C=O) groups is 1. The summed E-state index contributed by atoms with van der Waals surface area (Å²) in [6, 6.07) is 10.7. The van der Waals surface area contributed by atoms with Crippen LogP contribution in [0.15, 0.2) is 69.9 Å². The lowest BCUT2D eigenvalue weighted by atomic mass is 9.97. The Morgan fingerprint density at radius 2 is 1.16 bits per heavy atom. The van der Waals surface area contributed by atoms with Gasteiger partial charge < -0.3 is 119 Å². The maximum Gasteiger partial charge on any atom is 0.331 e. The first-order valence-electron chi connectivity index (χ1n) is 23.1. The highest BCUT2D eigenvalue weighted by Crippen LogP contribution is 2.41. The first-order chi connectivity index (χ1) is 35.0. The number of benzene rings is 3. The van der Waals surface area contributed by atoms with Gasteiger partial charge in [0.15, 0.2) is 42.0 Å². The number of hydrogen-bond donors (Lipinski definition) is 14. The monoisotopic (exact) mass is 1050 g/mol. The molecule has 0 spiro atoms. The first-order valence-corrected chi connectivity index (χ1v) is 23.1. The molecule has 0 saturated carbocycles. The minimum absolute atomic E-state index is 0.0677. The Labute approximate surface area is 418 Å². The highest BCUT2D eigenvalue weighted by molar-refractivity contribution is 5.89. The van der Waals surface area contributed by atoms with Crippen molar-refractivity contribution in [1.29, 1.82) is 0 Å². The number of phenols is 4. The van der Waals surface area contributed by atoms with Crippen molar-refractivity contribution in [3.8, 4) is 45.8 Å². The summed E-state index contributed by atoms with van der Waals surface area (Å²) in [7, 11) is 0. The van der Waals surface area contributed by atoms with E-state index < -0.39 is 181 Å². The van der Waals surface area contributed by atoms with E-state index in [4.69, 9.17) is 47.0 Å². The number of fused-ring (bicyclic) bond motifs is 1. The van der Waals surface area contributed by atoms with Gasteiger partial charge >= 0.3 is 5.97 Å². The summed E-state index contributed by atoms with van der Waals surface area (Å²) in [5.74, 6) is -5.19. The summed E-state index contributed by atoms with van der Waals surface area (Å²) in [5.41, 5.74) is -1.45. The summed E-state index contributed by atoms with van der Waals surface area (Å²) >= 11 is 0. The van der Waals surface area contributed by atoms with Crippen molar-refractivity contribution >= 4 is 23.0 Å². The second-order valence-corrected chi connectivity index (χ2v) is 18.2. The third kappa shape index (κ3) is 11.1. The van der Waals surface area contributed by atoms with Gasteiger partial charge in [-0.05, 0) is 62.7 Å². The van der Waals surface area contributed by atoms with Crippen molar-refractivity contribution in [2.75, 3.05) is 6.61 Å². The molecule has 1 aromatic heterocycles. The van der Waals surface area contributed by atoms with Gasteiger partial charge in [-0.3, -0.25) is 4.79 Å². The zero-order valence-electron chi connectivity index (χ0n) is 39.3. The number of aromatic hydroxyl groups is 4. The molecule has 5 heterocycles. The van der Waals surface area contributed by atoms with Crippen molar-refractivity contribution < 1.29 is 123 Å². The number of carbonyl (C=O) groups excluding carboxylic acids is 1. The molecule has 4 saturated heterocycles. The second kappa shape index (κ2) is 22.2. The van der Waals surface area contributed by atoms with E-state index in [-0.39, 0.29) is 17.1 Å². The Kier molecular flexibility index (Phi) is 16.4. The van der Waals surface area contributed by atoms with Crippen molar-refractivity contribution in [2.24, 2.45) is 0 Å². The molecule has 8 rings (SSSR count). The molecule has 26 heteroatoms. The quantitative estimate of drug-likeness (QED) is 0.0378. The topological polar surface area (TPSA) is 414 Å². The van der Waals surface area contributed by atoms with E-state index in [0.29, 0.717) is 5.56 Å². The molecule has 0 unspecified atom stereocenters. The number of phenolic OH excluding ortho intramolecular Hbond substituents is 4. The smallest absolute Gasteiger partial charge is 0.331 e. The largest absolute Gasteiger partial charge is 0.508 e. The maximum atomic E-state index is 14.8. The van der Waals surface area contributed by atoms with Crippen LogP contribution in [0.1, 0.15) is 26.3 Å². The van der Waals surface area contributed by atoms with Crippen molar-refractivity contribution in [3.05, 3.63) is 76.5 Å². The summed E-state index contributed by atoms with van der Waals surface area (Å²) in [6.45, 7) is 3.25. The minimum Gasteiger partial charge on any atom is -0.508 e. The number of aliphatic hydroxyl groups is 10. The Hall–Kier alpha value is -5.76. The van der Waals surface area contributed by atoms with Gasteiger partial charge in [-0.15, -0.1) is 0 Å². The molecule has 0 aliphatic carbocycles. The standard InChI is InChI=1S/C48H56O26/c1-16-30(54)34(58)37(61)45(66-16)65-15-27-42(72-28(53)11-6-19-4-8-21(49)9-5-19)40(64)44(74-47-39(63)36(60)32(56)18(3)68-47)48(71-27)73-43-33(57)29-25(52)13-22(69-46-38(62)35(59)31(55)17(2)67-46)14-26(29)70-41(43)20-7-10-23(50)24(51)12-20/h4-14,16-18,27,30-32,34-40,42,44-52,54-56,58-64H,15H2,1-3H3/t16-,17-,18+,27-,30-,31-,32+,34+,35+,36-,37+,38+,39-,40+,42+,44-,45+,46-,47-,48+/m1/s1. The third-order valence-electron chi connectivity index (χ3n) is 12.9. The molecule has 4 aliphatic rings. The lowest BCUT2D eigenvalue weighted by molar-refractivity contribution is -0.360. The molecule has 4 aliphatic heterocycles. The molecule has 26 nitrogen and oxygen atoms in total. The van der Waals surface area contributed by atoms with Gasteiger partial charge in [0.2, 0.25) is 23.8 Å². The second-order valence-electron chi connectivity index (χ2n) is 18.2. The zero-order valence-corrected chi connectivity index (χ0v) is 39.3. The van der Waals surface area contributed by atoms with Crippen LogP contribution >= 0.6 is 0 Å². The fourth-order valence-corrected chi connectivity index (χ4v) is 8.61. The average molecular weight is 1050 g/mol. The number of hydrogen-bond acceptors (Lipinski definition) is 26. The third-order valence-corrected chi connectivity index (χ3v) is 12.9. The molecule has 0 bridgehead atoms. The minimum atomic E-state index is -2.20. The number of rotatable bonds is 13. The summed E-state index contributed by atoms with van der Waals surface area (Å²) in [4.78, 5) is 28.4. The molecule has 4 aromatic rings. The zero-order chi connectivity index (χ0) is 53.6. The molecule has 74 heavy (non-hydrogen) atoms. The predicted octanol–water partition coefficient (Wildman–Crippen LogP) is -2.36. The number of esters is 1. The van der Waals surface area contributed by atoms with E-state index in [9.17, 15) is 81.1 Å². The fourth-order valence-electron chi connectivity index (χ4n) is 8.61. The van der Waals surface area contributed by atoms with E-state index in [1.165, 1.54) is 51.1 Å². The Bertz CT molecular complexity index is 2700. The first kappa shape index (κ1) is 54.5. The van der Waals surface area contributed by atoms with Crippen molar-refractivity contribution in [1.82, 2.24) is 0 Å². The number of ether oxygens (including phenoxy) is 9. The molecule has 20 atom stereocenters. The van der Waals surface area contributed by atoms with Crippen LogP contribution in [-0.2, 0) is 38.0 Å². The van der Waals surface area contributed by atoms with Gasteiger partial charge in [-0.25, -0.2) is 4.79 Å². The van der Waals surface area contributed by atoms with Crippen LogP contribution in [-0.4, -0.2) is 207 Å². The molecule has 0 amide bonds. The van der Waals surface area contributed by atoms with Crippen LogP contribution in [0.4, 0.5) is 0 Å². The highest BCUT2D eigenvalue weighted by atomic mass is 16.8. The van der Waals surface area contributed by atoms with E-state index >= 15 is 0 Å². The van der Waals surface area contributed by atoms with Crippen LogP contribution in [0, 0.1) is 0 Å². The number of aliphatic hydroxyl groups excluding tert-OH is 10. The SMILES string of the molecule is C[C@@H]1O[C@H](O[C@H]2[C@H](Oc3c(-c4ccc(O)c(O)c4)oc4cc(O[C@H]5O[C@H](C)[C@@H](O)[C@H](O)[C@@H]5O)cc(O)c4c3=O)O[C@H](CO[C@H]3O[C@H](C)[C@@H](O)[C@H](O)[C@@H]3O)[C@H](OC(=O)C=Cc3ccc(O)cc3)[C@@H]2O)[C@H](O)[C@H](O)[C@H]1O. The molecule has 4 fully saturated rings. The van der Waals surface area contributed by atoms with Crippen LogP contribution in [0.2, 0.25) is 0 Å². The Balaban J connectivity index is 1.22. The molecular weight excluding hydrogens is 993 g/mol. The van der Waals surface area contributed by atoms with Gasteiger partial charge in [-0.2, -0.15) is 0 Å². The van der Waals surface area contributed by atoms with E-state index in [1.54, 1.807) is 0 Å². The van der Waals surface area contributed by atoms with Crippen LogP contribution in [0.5, 0.6) is 34.5 Å². The van der Waals surface area contributed by atoms with Gasteiger partial charge in [0.05, 0.1) is 24.9 Å². The van der Waals surface area contributed by atoms with Crippen LogP contribution in [0.3, 0.4) is 0 Å². The van der Waals surface area contributed by atoms with Crippen LogP contribution < -0.4 is 14.9 Å². The van der Waals surface area contributed by atoms with E-state index in [1.807, 2.05) is 0 Å². The summed E-state index contributed by atoms with van der Waals surface area (Å²) in [6.07, 6.45) is -32.4. The van der Waals surface area contributed by atoms with Crippen molar-refractivity contribution in [3.63, 3.8) is 0 Å². The lowest BCUT2D eigenvalue weighted by Gasteiger charge is -2.47. The predicted molar refractivity (Wildman–Crippen MR) is 244 cm³/mol. The van der Waals surface area contributed by atoms with E-state index in [2.05, 4.69) is 0 Å². The fraction of sp³-hybridized carbons (Fsp3) is 0.500. The molecule has 14 N–H and O–H groups in total. The summed E-state index contributed by atoms with van der Waals surface area (Å²) in [5, 5.41) is 149. The molecule has 3 aromatic carbocycles. The van der Waals surface area contributed by atoms with Gasteiger partial charge in [0.1, 0.15) is 95.4 Å². The van der Waals surface area contributed by atoms with Gasteiger partial charge in [-0.1, -0.05) is 12.1 Å².